The standard InChI is InChI=1S/C15H15N3O3/c1-17-15(21)14-11(9-16-17)10-5-2-3-6-12(10)18(14)8-4-7-13(19)20/h2-3,5-6,9H,4,7-8H2,1H3,(H,19,20). The predicted octanol–water partition coefficient (Wildman–Crippen LogP) is 1.75. The summed E-state index contributed by atoms with van der Waals surface area (Å²) in [7, 11) is 1.61. The number of aliphatic carboxylic acids is 1. The van der Waals surface area contributed by atoms with Gasteiger partial charge in [-0.25, -0.2) is 4.68 Å². The number of para-hydroxylation sites is 1. The highest BCUT2D eigenvalue weighted by Gasteiger charge is 2.14. The second-order valence-electron chi connectivity index (χ2n) is 5.00. The molecule has 108 valence electrons. The Morgan fingerprint density at radius 3 is 2.81 bits per heavy atom. The molecule has 0 radical (unpaired) electrons. The smallest absolute Gasteiger partial charge is 0.303 e. The van der Waals surface area contributed by atoms with E-state index in [4.69, 9.17) is 5.11 Å². The van der Waals surface area contributed by atoms with E-state index in [0.717, 1.165) is 16.3 Å². The average molecular weight is 285 g/mol. The molecule has 2 heterocycles. The van der Waals surface area contributed by atoms with E-state index in [-0.39, 0.29) is 12.0 Å². The first kappa shape index (κ1) is 13.4. The lowest BCUT2D eigenvalue weighted by atomic mass is 10.2. The van der Waals surface area contributed by atoms with Gasteiger partial charge in [0.15, 0.2) is 0 Å². The van der Waals surface area contributed by atoms with Crippen LogP contribution in [-0.2, 0) is 18.4 Å². The Bertz CT molecular complexity index is 892. The topological polar surface area (TPSA) is 77.1 Å². The Morgan fingerprint density at radius 1 is 1.29 bits per heavy atom. The predicted molar refractivity (Wildman–Crippen MR) is 79.3 cm³/mol. The van der Waals surface area contributed by atoms with Crippen LogP contribution in [0, 0.1) is 0 Å². The first-order valence-corrected chi connectivity index (χ1v) is 6.74. The molecule has 2 aromatic heterocycles. The van der Waals surface area contributed by atoms with E-state index in [1.807, 2.05) is 28.8 Å². The normalized spacial score (nSPS) is 11.3. The summed E-state index contributed by atoms with van der Waals surface area (Å²) in [4.78, 5) is 23.1. The quantitative estimate of drug-likeness (QED) is 0.792. The van der Waals surface area contributed by atoms with Gasteiger partial charge in [-0.2, -0.15) is 5.10 Å². The van der Waals surface area contributed by atoms with Crippen LogP contribution in [0.2, 0.25) is 0 Å². The Hall–Kier alpha value is -2.63. The Morgan fingerprint density at radius 2 is 2.05 bits per heavy atom. The van der Waals surface area contributed by atoms with Crippen molar-refractivity contribution in [3.63, 3.8) is 0 Å². The SMILES string of the molecule is Cn1ncc2c3ccccc3n(CCCC(=O)O)c2c1=O. The second-order valence-corrected chi connectivity index (χ2v) is 5.00. The van der Waals surface area contributed by atoms with Crippen molar-refractivity contribution in [3.05, 3.63) is 40.8 Å². The molecular weight excluding hydrogens is 270 g/mol. The zero-order valence-corrected chi connectivity index (χ0v) is 11.6. The van der Waals surface area contributed by atoms with Crippen LogP contribution >= 0.6 is 0 Å². The van der Waals surface area contributed by atoms with Gasteiger partial charge in [-0.15, -0.1) is 0 Å². The molecule has 0 amide bonds. The van der Waals surface area contributed by atoms with Crippen LogP contribution in [0.4, 0.5) is 0 Å². The fraction of sp³-hybridized carbons (Fsp3) is 0.267. The second kappa shape index (κ2) is 5.05. The minimum Gasteiger partial charge on any atom is -0.481 e. The van der Waals surface area contributed by atoms with Crippen molar-refractivity contribution >= 4 is 27.8 Å². The van der Waals surface area contributed by atoms with E-state index in [1.165, 1.54) is 4.68 Å². The van der Waals surface area contributed by atoms with Crippen LogP contribution < -0.4 is 5.56 Å². The van der Waals surface area contributed by atoms with Gasteiger partial charge >= 0.3 is 5.97 Å². The van der Waals surface area contributed by atoms with Crippen molar-refractivity contribution in [1.29, 1.82) is 0 Å². The third-order valence-corrected chi connectivity index (χ3v) is 3.64. The van der Waals surface area contributed by atoms with Crippen molar-refractivity contribution in [2.45, 2.75) is 19.4 Å². The van der Waals surface area contributed by atoms with Crippen LogP contribution in [0.5, 0.6) is 0 Å². The van der Waals surface area contributed by atoms with Gasteiger partial charge in [0.25, 0.3) is 5.56 Å². The third-order valence-electron chi connectivity index (χ3n) is 3.64. The van der Waals surface area contributed by atoms with Gasteiger partial charge in [0.1, 0.15) is 5.52 Å². The zero-order chi connectivity index (χ0) is 15.0. The molecule has 6 nitrogen and oxygen atoms in total. The summed E-state index contributed by atoms with van der Waals surface area (Å²) in [6, 6.07) is 7.72. The third kappa shape index (κ3) is 2.18. The molecule has 0 spiro atoms. The molecule has 3 rings (SSSR count). The fourth-order valence-corrected chi connectivity index (χ4v) is 2.66. The van der Waals surface area contributed by atoms with Gasteiger partial charge in [0.2, 0.25) is 0 Å². The van der Waals surface area contributed by atoms with Crippen molar-refractivity contribution in [1.82, 2.24) is 14.3 Å². The summed E-state index contributed by atoms with van der Waals surface area (Å²) in [5.74, 6) is -0.828. The van der Waals surface area contributed by atoms with Crippen molar-refractivity contribution < 1.29 is 9.90 Å². The van der Waals surface area contributed by atoms with Gasteiger partial charge in [-0.05, 0) is 12.5 Å². The van der Waals surface area contributed by atoms with Gasteiger partial charge in [-0.1, -0.05) is 18.2 Å². The highest BCUT2D eigenvalue weighted by atomic mass is 16.4. The number of rotatable bonds is 4. The van der Waals surface area contributed by atoms with E-state index in [9.17, 15) is 9.59 Å². The van der Waals surface area contributed by atoms with Gasteiger partial charge in [0, 0.05) is 36.3 Å². The fourth-order valence-electron chi connectivity index (χ4n) is 2.66. The molecular formula is C15H15N3O3. The highest BCUT2D eigenvalue weighted by Crippen LogP contribution is 2.26. The molecule has 0 atom stereocenters. The summed E-state index contributed by atoms with van der Waals surface area (Å²) in [5.41, 5.74) is 1.35. The summed E-state index contributed by atoms with van der Waals surface area (Å²) in [6.07, 6.45) is 2.25. The maximum absolute atomic E-state index is 12.4. The van der Waals surface area contributed by atoms with E-state index in [2.05, 4.69) is 5.10 Å². The first-order chi connectivity index (χ1) is 10.1. The molecule has 0 saturated heterocycles. The number of carboxylic acid groups (broad SMARTS) is 1. The van der Waals surface area contributed by atoms with Gasteiger partial charge in [-0.3, -0.25) is 9.59 Å². The summed E-state index contributed by atoms with van der Waals surface area (Å²) in [6.45, 7) is 0.496. The van der Waals surface area contributed by atoms with Gasteiger partial charge < -0.3 is 9.67 Å². The average Bonchev–Trinajstić information content (AvgIpc) is 2.78. The van der Waals surface area contributed by atoms with E-state index >= 15 is 0 Å². The minimum absolute atomic E-state index is 0.0827. The number of aryl methyl sites for hydroxylation is 2. The number of benzene rings is 1. The molecule has 0 aliphatic rings. The number of carboxylic acids is 1. The molecule has 1 N–H and O–H groups in total. The molecule has 0 aliphatic heterocycles. The lowest BCUT2D eigenvalue weighted by Crippen LogP contribution is -2.21. The lowest BCUT2D eigenvalue weighted by Gasteiger charge is -2.06. The van der Waals surface area contributed by atoms with Crippen LogP contribution in [0.15, 0.2) is 35.3 Å². The molecule has 0 aliphatic carbocycles. The largest absolute Gasteiger partial charge is 0.481 e. The molecule has 6 heteroatoms. The van der Waals surface area contributed by atoms with Crippen LogP contribution in [-0.4, -0.2) is 25.4 Å². The van der Waals surface area contributed by atoms with E-state index in [0.29, 0.717) is 18.5 Å². The number of fused-ring (bicyclic) bond motifs is 3. The maximum atomic E-state index is 12.4. The summed E-state index contributed by atoms with van der Waals surface area (Å²) < 4.78 is 3.20. The summed E-state index contributed by atoms with van der Waals surface area (Å²) >= 11 is 0. The molecule has 0 bridgehead atoms. The molecule has 1 aromatic carbocycles. The minimum atomic E-state index is -0.828. The Balaban J connectivity index is 2.25. The Kier molecular flexibility index (Phi) is 3.21. The monoisotopic (exact) mass is 285 g/mol. The van der Waals surface area contributed by atoms with Crippen LogP contribution in [0.25, 0.3) is 21.8 Å². The van der Waals surface area contributed by atoms with E-state index < -0.39 is 5.97 Å². The van der Waals surface area contributed by atoms with Crippen molar-refractivity contribution in [2.75, 3.05) is 0 Å². The van der Waals surface area contributed by atoms with E-state index in [1.54, 1.807) is 13.2 Å². The molecule has 21 heavy (non-hydrogen) atoms. The molecule has 0 saturated carbocycles. The molecule has 0 unspecified atom stereocenters. The van der Waals surface area contributed by atoms with Crippen LogP contribution in [0.3, 0.4) is 0 Å². The number of hydrogen-bond donors (Lipinski definition) is 1. The first-order valence-electron chi connectivity index (χ1n) is 6.74. The summed E-state index contributed by atoms with van der Waals surface area (Å²) in [5, 5.41) is 14.6. The van der Waals surface area contributed by atoms with Crippen molar-refractivity contribution in [2.24, 2.45) is 7.05 Å². The number of aromatic nitrogens is 3. The number of carbonyl (C=O) groups is 1. The zero-order valence-electron chi connectivity index (χ0n) is 11.6. The number of hydrogen-bond acceptors (Lipinski definition) is 3. The lowest BCUT2D eigenvalue weighted by molar-refractivity contribution is -0.137. The van der Waals surface area contributed by atoms with Crippen LogP contribution in [0.1, 0.15) is 12.8 Å². The Labute approximate surface area is 120 Å². The van der Waals surface area contributed by atoms with Crippen molar-refractivity contribution in [3.8, 4) is 0 Å². The molecule has 0 fully saturated rings. The maximum Gasteiger partial charge on any atom is 0.303 e. The highest BCUT2D eigenvalue weighted by molar-refractivity contribution is 6.07. The van der Waals surface area contributed by atoms with Gasteiger partial charge in [0.05, 0.1) is 6.20 Å². The molecule has 3 aromatic rings. The number of nitrogens with zero attached hydrogens (tertiary/aromatic N) is 3.